The topological polar surface area (TPSA) is 121 Å². The zero-order valence-corrected chi connectivity index (χ0v) is 28.7. The lowest BCUT2D eigenvalue weighted by Gasteiger charge is -2.43. The van der Waals surface area contributed by atoms with Crippen molar-refractivity contribution in [1.82, 2.24) is 20.0 Å². The molecule has 0 bridgehead atoms. The van der Waals surface area contributed by atoms with E-state index in [1.165, 1.54) is 32.4 Å². The monoisotopic (exact) mass is 677 g/mol. The Morgan fingerprint density at radius 2 is 1.54 bits per heavy atom. The minimum Gasteiger partial charge on any atom is -0.497 e. The number of piperazine rings is 1. The standard InChI is InChI=1S/C35H43N5O7S/c1-5-47-30-11-7-6-10-27(30)35(36-34(42)39-22-20-38(21-23-39)25-16-18-37(2)19-17-25)28-24-26(45-3)14-15-29(28)40(33(35)41)48(43,44)32-13-9-8-12-31(32)46-4/h6-15,24-25H,5,16-23H2,1-4H3,(H,36,42). The molecule has 48 heavy (non-hydrogen) atoms. The first-order valence-electron chi connectivity index (χ1n) is 16.3. The fourth-order valence-corrected chi connectivity index (χ4v) is 8.69. The number of carbonyl (C=O) groups excluding carboxylic acids is 2. The lowest BCUT2D eigenvalue weighted by molar-refractivity contribution is -0.121. The molecular formula is C35H43N5O7S. The van der Waals surface area contributed by atoms with E-state index in [1.807, 2.05) is 6.92 Å². The van der Waals surface area contributed by atoms with Crippen LogP contribution in [0.1, 0.15) is 30.9 Å². The smallest absolute Gasteiger partial charge is 0.318 e. The van der Waals surface area contributed by atoms with Crippen molar-refractivity contribution in [2.75, 3.05) is 71.4 Å². The second-order valence-electron chi connectivity index (χ2n) is 12.3. The van der Waals surface area contributed by atoms with Gasteiger partial charge in [0.1, 0.15) is 22.1 Å². The number of ether oxygens (including phenoxy) is 3. The number of hydrogen-bond donors (Lipinski definition) is 1. The SMILES string of the molecule is CCOc1ccccc1C1(NC(=O)N2CCN(C3CCN(C)CC3)CC2)C(=O)N(S(=O)(=O)c2ccccc2OC)c2ccc(OC)cc21. The number of amides is 3. The van der Waals surface area contributed by atoms with Gasteiger partial charge in [-0.3, -0.25) is 9.69 Å². The molecule has 6 rings (SSSR count). The summed E-state index contributed by atoms with van der Waals surface area (Å²) in [5.41, 5.74) is -1.34. The summed E-state index contributed by atoms with van der Waals surface area (Å²) in [5.74, 6) is -0.0652. The minimum atomic E-state index is -4.55. The molecule has 3 amide bonds. The van der Waals surface area contributed by atoms with Gasteiger partial charge in [0.05, 0.1) is 26.5 Å². The third kappa shape index (κ3) is 5.84. The number of hydrogen-bond acceptors (Lipinski definition) is 9. The van der Waals surface area contributed by atoms with E-state index in [4.69, 9.17) is 14.2 Å². The largest absolute Gasteiger partial charge is 0.497 e. The molecule has 2 fully saturated rings. The third-order valence-corrected chi connectivity index (χ3v) is 11.3. The number of para-hydroxylation sites is 2. The zero-order valence-electron chi connectivity index (χ0n) is 27.8. The van der Waals surface area contributed by atoms with Crippen molar-refractivity contribution in [2.45, 2.75) is 36.2 Å². The number of nitrogens with one attached hydrogen (secondary N) is 1. The molecule has 2 saturated heterocycles. The van der Waals surface area contributed by atoms with Crippen LogP contribution < -0.4 is 23.8 Å². The normalized spacial score (nSPS) is 20.8. The van der Waals surface area contributed by atoms with Crippen LogP contribution in [0, 0.1) is 0 Å². The van der Waals surface area contributed by atoms with Crippen molar-refractivity contribution in [1.29, 1.82) is 0 Å². The summed E-state index contributed by atoms with van der Waals surface area (Å²) in [6, 6.07) is 17.7. The van der Waals surface area contributed by atoms with Crippen molar-refractivity contribution in [3.8, 4) is 17.2 Å². The molecule has 0 aromatic heterocycles. The average Bonchev–Trinajstić information content (AvgIpc) is 3.36. The van der Waals surface area contributed by atoms with Gasteiger partial charge in [0.25, 0.3) is 15.9 Å². The highest BCUT2D eigenvalue weighted by atomic mass is 32.2. The first kappa shape index (κ1) is 33.6. The van der Waals surface area contributed by atoms with Gasteiger partial charge in [-0.2, -0.15) is 4.31 Å². The molecule has 3 aromatic rings. The van der Waals surface area contributed by atoms with E-state index >= 15 is 4.79 Å². The van der Waals surface area contributed by atoms with Gasteiger partial charge < -0.3 is 29.3 Å². The van der Waals surface area contributed by atoms with Crippen LogP contribution in [0.5, 0.6) is 17.2 Å². The van der Waals surface area contributed by atoms with Crippen molar-refractivity contribution in [2.24, 2.45) is 0 Å². The predicted octanol–water partition coefficient (Wildman–Crippen LogP) is 3.50. The molecule has 0 radical (unpaired) electrons. The maximum absolute atomic E-state index is 15.1. The molecule has 1 N–H and O–H groups in total. The maximum atomic E-state index is 15.1. The Hall–Kier alpha value is -4.33. The number of methoxy groups -OCH3 is 2. The van der Waals surface area contributed by atoms with E-state index in [0.717, 1.165) is 30.2 Å². The number of nitrogens with zero attached hydrogens (tertiary/aromatic N) is 4. The Labute approximate surface area is 282 Å². The summed E-state index contributed by atoms with van der Waals surface area (Å²) >= 11 is 0. The van der Waals surface area contributed by atoms with Gasteiger partial charge in [-0.1, -0.05) is 30.3 Å². The summed E-state index contributed by atoms with van der Waals surface area (Å²) in [6.07, 6.45) is 2.17. The van der Waals surface area contributed by atoms with Crippen LogP contribution in [-0.2, 0) is 20.4 Å². The molecule has 3 heterocycles. The third-order valence-electron chi connectivity index (χ3n) is 9.61. The van der Waals surface area contributed by atoms with Crippen LogP contribution >= 0.6 is 0 Å². The number of rotatable bonds is 9. The van der Waals surface area contributed by atoms with E-state index in [-0.39, 0.29) is 28.5 Å². The van der Waals surface area contributed by atoms with Gasteiger partial charge in [0.15, 0.2) is 5.54 Å². The fourth-order valence-electron chi connectivity index (χ4n) is 7.06. The lowest BCUT2D eigenvalue weighted by Crippen LogP contribution is -2.61. The number of carbonyl (C=O) groups is 2. The van der Waals surface area contributed by atoms with Gasteiger partial charge in [0.2, 0.25) is 0 Å². The highest BCUT2D eigenvalue weighted by Gasteiger charge is 2.59. The van der Waals surface area contributed by atoms with E-state index in [1.54, 1.807) is 53.4 Å². The quantitative estimate of drug-likeness (QED) is 0.363. The Morgan fingerprint density at radius 3 is 2.21 bits per heavy atom. The Morgan fingerprint density at radius 1 is 0.875 bits per heavy atom. The molecule has 3 aliphatic heterocycles. The van der Waals surface area contributed by atoms with Gasteiger partial charge in [-0.25, -0.2) is 13.2 Å². The van der Waals surface area contributed by atoms with Crippen LogP contribution in [0.25, 0.3) is 0 Å². The Kier molecular flexibility index (Phi) is 9.55. The number of benzene rings is 3. The minimum absolute atomic E-state index is 0.0825. The van der Waals surface area contributed by atoms with E-state index in [0.29, 0.717) is 49.3 Å². The van der Waals surface area contributed by atoms with Crippen LogP contribution in [-0.4, -0.2) is 108 Å². The van der Waals surface area contributed by atoms with Crippen molar-refractivity contribution in [3.05, 3.63) is 77.9 Å². The van der Waals surface area contributed by atoms with Crippen molar-refractivity contribution in [3.63, 3.8) is 0 Å². The molecule has 13 heteroatoms. The molecule has 1 unspecified atom stereocenters. The number of sulfonamides is 1. The van der Waals surface area contributed by atoms with Crippen LogP contribution in [0.4, 0.5) is 10.5 Å². The maximum Gasteiger partial charge on any atom is 0.318 e. The van der Waals surface area contributed by atoms with Crippen molar-refractivity contribution >= 4 is 27.6 Å². The second-order valence-corrected chi connectivity index (χ2v) is 14.0. The second kappa shape index (κ2) is 13.7. The van der Waals surface area contributed by atoms with Gasteiger partial charge in [0, 0.05) is 43.3 Å². The summed E-state index contributed by atoms with van der Waals surface area (Å²) in [7, 11) is 0.443. The van der Waals surface area contributed by atoms with E-state index in [2.05, 4.69) is 22.2 Å². The van der Waals surface area contributed by atoms with Gasteiger partial charge in [-0.05, 0) is 76.3 Å². The van der Waals surface area contributed by atoms with Crippen LogP contribution in [0.15, 0.2) is 71.6 Å². The summed E-state index contributed by atoms with van der Waals surface area (Å²) < 4.78 is 46.7. The summed E-state index contributed by atoms with van der Waals surface area (Å²) in [5, 5.41) is 3.06. The molecule has 3 aliphatic rings. The Bertz CT molecular complexity index is 1770. The summed E-state index contributed by atoms with van der Waals surface area (Å²) in [6.45, 7) is 6.53. The number of piperidine rings is 1. The number of anilines is 1. The molecule has 12 nitrogen and oxygen atoms in total. The summed E-state index contributed by atoms with van der Waals surface area (Å²) in [4.78, 5) is 35.8. The number of urea groups is 1. The number of fused-ring (bicyclic) bond motifs is 1. The molecule has 0 aliphatic carbocycles. The highest BCUT2D eigenvalue weighted by molar-refractivity contribution is 7.93. The van der Waals surface area contributed by atoms with Crippen molar-refractivity contribution < 1.29 is 32.2 Å². The highest BCUT2D eigenvalue weighted by Crippen LogP contribution is 2.50. The first-order chi connectivity index (χ1) is 23.1. The molecule has 256 valence electrons. The molecular weight excluding hydrogens is 634 g/mol. The van der Waals surface area contributed by atoms with Gasteiger partial charge in [-0.15, -0.1) is 0 Å². The molecule has 1 atom stereocenters. The number of likely N-dealkylation sites (tertiary alicyclic amines) is 1. The van der Waals surface area contributed by atoms with Gasteiger partial charge >= 0.3 is 6.03 Å². The predicted molar refractivity (Wildman–Crippen MR) is 181 cm³/mol. The van der Waals surface area contributed by atoms with E-state index in [9.17, 15) is 13.2 Å². The van der Waals surface area contributed by atoms with Crippen LogP contribution in [0.3, 0.4) is 0 Å². The fraction of sp³-hybridized carbons (Fsp3) is 0.429. The van der Waals surface area contributed by atoms with Crippen LogP contribution in [0.2, 0.25) is 0 Å². The molecule has 0 saturated carbocycles. The van der Waals surface area contributed by atoms with E-state index < -0.39 is 27.5 Å². The Balaban J connectivity index is 1.44. The molecule has 3 aromatic carbocycles. The average molecular weight is 678 g/mol. The zero-order chi connectivity index (χ0) is 34.1. The molecule has 0 spiro atoms. The lowest BCUT2D eigenvalue weighted by atomic mass is 9.83. The first-order valence-corrected chi connectivity index (χ1v) is 17.7.